The summed E-state index contributed by atoms with van der Waals surface area (Å²) < 4.78 is 0. The lowest BCUT2D eigenvalue weighted by atomic mass is 10.1. The van der Waals surface area contributed by atoms with Crippen molar-refractivity contribution in [1.29, 1.82) is 0 Å². The lowest BCUT2D eigenvalue weighted by Crippen LogP contribution is -2.13. The molecule has 0 saturated heterocycles. The van der Waals surface area contributed by atoms with E-state index >= 15 is 0 Å². The summed E-state index contributed by atoms with van der Waals surface area (Å²) in [6.45, 7) is 0.688. The van der Waals surface area contributed by atoms with Crippen molar-refractivity contribution in [2.24, 2.45) is 0 Å². The lowest BCUT2D eigenvalue weighted by molar-refractivity contribution is -0.465. The number of rotatable bonds is 4. The molecule has 0 aromatic heterocycles. The Morgan fingerprint density at radius 2 is 1.67 bits per heavy atom. The van der Waals surface area contributed by atoms with E-state index in [2.05, 4.69) is 0 Å². The maximum atomic E-state index is 11.2. The first-order valence-corrected chi connectivity index (χ1v) is 4.26. The van der Waals surface area contributed by atoms with E-state index < -0.39 is 17.3 Å². The van der Waals surface area contributed by atoms with Gasteiger partial charge in [-0.15, -0.1) is 0 Å². The quantitative estimate of drug-likeness (QED) is 0.424. The van der Waals surface area contributed by atoms with Gasteiger partial charge in [0.25, 0.3) is 6.54 Å². The molecule has 0 bridgehead atoms. The van der Waals surface area contributed by atoms with Crippen molar-refractivity contribution in [1.82, 2.24) is 0 Å². The van der Waals surface area contributed by atoms with Gasteiger partial charge in [-0.05, 0) is 6.92 Å². The molecule has 0 heterocycles. The fourth-order valence-corrected chi connectivity index (χ4v) is 1.10. The highest BCUT2D eigenvalue weighted by atomic mass is 16.6. The topological polar surface area (TPSA) is 77.3 Å². The predicted octanol–water partition coefficient (Wildman–Crippen LogP) is 1.35. The molecule has 1 rings (SSSR count). The van der Waals surface area contributed by atoms with Crippen LogP contribution in [0.1, 0.15) is 27.6 Å². The van der Waals surface area contributed by atoms with E-state index in [1.165, 1.54) is 31.2 Å². The summed E-state index contributed by atoms with van der Waals surface area (Å²) in [6, 6.07) is 5.80. The van der Waals surface area contributed by atoms with Crippen LogP contribution in [0.25, 0.3) is 0 Å². The maximum Gasteiger partial charge on any atom is 0.265 e. The van der Waals surface area contributed by atoms with Gasteiger partial charge >= 0.3 is 0 Å². The van der Waals surface area contributed by atoms with Gasteiger partial charge in [0.05, 0.1) is 0 Å². The molecule has 5 heteroatoms. The van der Waals surface area contributed by atoms with Gasteiger partial charge in [-0.1, -0.05) is 24.3 Å². The van der Waals surface area contributed by atoms with Crippen LogP contribution >= 0.6 is 0 Å². The Balaban J connectivity index is 2.84. The van der Waals surface area contributed by atoms with E-state index in [0.29, 0.717) is 5.56 Å². The van der Waals surface area contributed by atoms with Crippen LogP contribution in [0, 0.1) is 10.1 Å². The number of carbonyl (C=O) groups excluding carboxylic acids is 2. The van der Waals surface area contributed by atoms with Gasteiger partial charge in [-0.3, -0.25) is 19.7 Å². The Morgan fingerprint density at radius 3 is 2.07 bits per heavy atom. The maximum absolute atomic E-state index is 11.2. The Kier molecular flexibility index (Phi) is 3.28. The van der Waals surface area contributed by atoms with Crippen molar-refractivity contribution < 1.29 is 14.5 Å². The zero-order valence-corrected chi connectivity index (χ0v) is 8.10. The first-order valence-electron chi connectivity index (χ1n) is 4.26. The molecule has 5 nitrogen and oxygen atoms in total. The van der Waals surface area contributed by atoms with Crippen molar-refractivity contribution in [3.63, 3.8) is 0 Å². The van der Waals surface area contributed by atoms with Crippen LogP contribution in [0.2, 0.25) is 0 Å². The molecule has 78 valence electrons. The molecule has 0 unspecified atom stereocenters. The first kappa shape index (κ1) is 11.0. The van der Waals surface area contributed by atoms with Crippen LogP contribution in [-0.2, 0) is 0 Å². The van der Waals surface area contributed by atoms with Crippen molar-refractivity contribution in [3.8, 4) is 0 Å². The van der Waals surface area contributed by atoms with Crippen molar-refractivity contribution in [2.75, 3.05) is 6.54 Å². The van der Waals surface area contributed by atoms with E-state index in [9.17, 15) is 19.7 Å². The van der Waals surface area contributed by atoms with Crippen molar-refractivity contribution >= 4 is 11.6 Å². The highest BCUT2D eigenvalue weighted by Gasteiger charge is 2.12. The van der Waals surface area contributed by atoms with Gasteiger partial charge < -0.3 is 0 Å². The summed E-state index contributed by atoms with van der Waals surface area (Å²) in [7, 11) is 0. The molecular formula is C10H9NO4. The second-order valence-corrected chi connectivity index (χ2v) is 3.05. The largest absolute Gasteiger partial charge is 0.295 e. The molecule has 1 aromatic rings. The molecule has 0 atom stereocenters. The van der Waals surface area contributed by atoms with Crippen molar-refractivity contribution in [3.05, 3.63) is 45.5 Å². The summed E-state index contributed by atoms with van der Waals surface area (Å²) in [4.78, 5) is 31.5. The Bertz CT molecular complexity index is 408. The van der Waals surface area contributed by atoms with Gasteiger partial charge in [0.2, 0.25) is 5.78 Å². The van der Waals surface area contributed by atoms with Crippen LogP contribution in [0.5, 0.6) is 0 Å². The van der Waals surface area contributed by atoms with E-state index in [1.54, 1.807) is 0 Å². The van der Waals surface area contributed by atoms with E-state index in [4.69, 9.17) is 0 Å². The average molecular weight is 207 g/mol. The number of ketones is 2. The molecule has 0 saturated carbocycles. The van der Waals surface area contributed by atoms with Crippen LogP contribution in [0.15, 0.2) is 24.3 Å². The smallest absolute Gasteiger partial charge is 0.265 e. The molecule has 0 aliphatic carbocycles. The normalized spacial score (nSPS) is 9.67. The van der Waals surface area contributed by atoms with Gasteiger partial charge in [0.1, 0.15) is 0 Å². The highest BCUT2D eigenvalue weighted by Crippen LogP contribution is 2.06. The monoisotopic (exact) mass is 207 g/mol. The van der Waals surface area contributed by atoms with Gasteiger partial charge in [-0.25, -0.2) is 0 Å². The zero-order valence-electron chi connectivity index (χ0n) is 8.10. The zero-order chi connectivity index (χ0) is 11.4. The first-order chi connectivity index (χ1) is 7.00. The molecular weight excluding hydrogens is 198 g/mol. The number of benzene rings is 1. The average Bonchev–Trinajstić information content (AvgIpc) is 2.17. The molecule has 0 spiro atoms. The molecule has 0 aliphatic rings. The molecule has 15 heavy (non-hydrogen) atoms. The minimum absolute atomic E-state index is 0.108. The van der Waals surface area contributed by atoms with Crippen LogP contribution in [0.4, 0.5) is 0 Å². The molecule has 1 aromatic carbocycles. The number of nitrogens with zero attached hydrogens (tertiary/aromatic N) is 1. The second kappa shape index (κ2) is 4.45. The van der Waals surface area contributed by atoms with E-state index in [1.807, 2.05) is 0 Å². The lowest BCUT2D eigenvalue weighted by Gasteiger charge is -1.98. The van der Waals surface area contributed by atoms with E-state index in [-0.39, 0.29) is 11.3 Å². The summed E-state index contributed by atoms with van der Waals surface area (Å²) >= 11 is 0. The third-order valence-corrected chi connectivity index (χ3v) is 1.89. The minimum atomic E-state index is -0.723. The number of hydrogen-bond donors (Lipinski definition) is 0. The second-order valence-electron chi connectivity index (χ2n) is 3.05. The van der Waals surface area contributed by atoms with Crippen molar-refractivity contribution in [2.45, 2.75) is 6.92 Å². The third-order valence-electron chi connectivity index (χ3n) is 1.89. The number of carbonyl (C=O) groups is 2. The fraction of sp³-hybridized carbons (Fsp3) is 0.200. The standard InChI is InChI=1S/C10H9NO4/c1-7(12)8-2-4-9(5-3-8)10(13)6-11(14)15/h2-5H,6H2,1H3. The summed E-state index contributed by atoms with van der Waals surface area (Å²) in [5.41, 5.74) is 0.726. The van der Waals surface area contributed by atoms with Gasteiger partial charge in [0.15, 0.2) is 5.78 Å². The Morgan fingerprint density at radius 1 is 1.20 bits per heavy atom. The molecule has 0 radical (unpaired) electrons. The number of Topliss-reactive ketones (excluding diaryl/α,β-unsaturated/α-hetero) is 2. The fourth-order valence-electron chi connectivity index (χ4n) is 1.10. The van der Waals surface area contributed by atoms with Crippen LogP contribution in [-0.4, -0.2) is 23.0 Å². The summed E-state index contributed by atoms with van der Waals surface area (Å²) in [5, 5.41) is 10.1. The van der Waals surface area contributed by atoms with E-state index in [0.717, 1.165) is 0 Å². The SMILES string of the molecule is CC(=O)c1ccc(C(=O)C[N+](=O)[O-])cc1. The minimum Gasteiger partial charge on any atom is -0.295 e. The molecule has 0 amide bonds. The summed E-state index contributed by atoms with van der Waals surface area (Å²) in [6.07, 6.45) is 0. The molecule has 0 aliphatic heterocycles. The molecule has 0 N–H and O–H groups in total. The van der Waals surface area contributed by atoms with Crippen LogP contribution < -0.4 is 0 Å². The Hall–Kier alpha value is -2.04. The third kappa shape index (κ3) is 2.98. The molecule has 0 fully saturated rings. The predicted molar refractivity (Wildman–Crippen MR) is 52.6 cm³/mol. The van der Waals surface area contributed by atoms with Crippen LogP contribution in [0.3, 0.4) is 0 Å². The Labute approximate surface area is 85.9 Å². The summed E-state index contributed by atoms with van der Waals surface area (Å²) in [5.74, 6) is -0.668. The number of hydrogen-bond acceptors (Lipinski definition) is 4. The number of nitro groups is 1. The van der Waals surface area contributed by atoms with Gasteiger partial charge in [0, 0.05) is 16.1 Å². The highest BCUT2D eigenvalue weighted by molar-refractivity contribution is 5.99. The van der Waals surface area contributed by atoms with Gasteiger partial charge in [-0.2, -0.15) is 0 Å².